The standard InChI is InChI=1S/C17H23BN4O3/c1-11-19-9-7-13(20-11)21-12-8-10-22(6)15(23)14(12)18-24-16(2,3)17(4,5)25-18/h7-10H,1-6H3,(H,19,20,21). The molecule has 3 heterocycles. The van der Waals surface area contributed by atoms with Gasteiger partial charge in [0, 0.05) is 25.1 Å². The van der Waals surface area contributed by atoms with E-state index in [1.165, 1.54) is 4.57 Å². The lowest BCUT2D eigenvalue weighted by atomic mass is 9.78. The first-order chi connectivity index (χ1) is 11.6. The fourth-order valence-electron chi connectivity index (χ4n) is 2.61. The molecule has 0 unspecified atom stereocenters. The van der Waals surface area contributed by atoms with Crippen molar-refractivity contribution in [3.8, 4) is 0 Å². The summed E-state index contributed by atoms with van der Waals surface area (Å²) >= 11 is 0. The van der Waals surface area contributed by atoms with Crippen LogP contribution < -0.4 is 16.3 Å². The Hall–Kier alpha value is -2.19. The van der Waals surface area contributed by atoms with Gasteiger partial charge < -0.3 is 19.2 Å². The predicted octanol–water partition coefficient (Wildman–Crippen LogP) is 1.53. The van der Waals surface area contributed by atoms with Gasteiger partial charge in [0.05, 0.1) is 16.7 Å². The molecule has 7 nitrogen and oxygen atoms in total. The van der Waals surface area contributed by atoms with Gasteiger partial charge in [0.1, 0.15) is 11.6 Å². The van der Waals surface area contributed by atoms with Crippen LogP contribution in [-0.4, -0.2) is 32.9 Å². The zero-order valence-corrected chi connectivity index (χ0v) is 15.5. The predicted molar refractivity (Wildman–Crippen MR) is 97.5 cm³/mol. The van der Waals surface area contributed by atoms with Crippen LogP contribution in [0.15, 0.2) is 29.3 Å². The molecule has 0 bridgehead atoms. The summed E-state index contributed by atoms with van der Waals surface area (Å²) in [5.74, 6) is 1.25. The number of nitrogens with zero attached hydrogens (tertiary/aromatic N) is 3. The average molecular weight is 342 g/mol. The molecule has 1 N–H and O–H groups in total. The van der Waals surface area contributed by atoms with Crippen LogP contribution in [0.1, 0.15) is 33.5 Å². The molecule has 0 aromatic carbocycles. The smallest absolute Gasteiger partial charge is 0.399 e. The Morgan fingerprint density at radius 3 is 2.40 bits per heavy atom. The number of aryl methyl sites for hydroxylation is 2. The number of hydrogen-bond acceptors (Lipinski definition) is 6. The van der Waals surface area contributed by atoms with Gasteiger partial charge in [0.25, 0.3) is 5.56 Å². The molecule has 1 fully saturated rings. The number of nitrogens with one attached hydrogen (secondary N) is 1. The summed E-state index contributed by atoms with van der Waals surface area (Å²) in [4.78, 5) is 21.2. The molecule has 8 heteroatoms. The zero-order valence-electron chi connectivity index (χ0n) is 15.5. The van der Waals surface area contributed by atoms with Gasteiger partial charge >= 0.3 is 7.12 Å². The van der Waals surface area contributed by atoms with Gasteiger partial charge in [-0.3, -0.25) is 4.79 Å². The Morgan fingerprint density at radius 2 is 1.80 bits per heavy atom. The van der Waals surface area contributed by atoms with Crippen LogP contribution in [0.25, 0.3) is 0 Å². The Bertz CT molecular complexity index is 847. The molecule has 0 aliphatic carbocycles. The number of pyridine rings is 1. The van der Waals surface area contributed by atoms with Crippen molar-refractivity contribution in [3.63, 3.8) is 0 Å². The molecule has 0 saturated carbocycles. The lowest BCUT2D eigenvalue weighted by Gasteiger charge is -2.32. The van der Waals surface area contributed by atoms with Crippen LogP contribution in [0.4, 0.5) is 11.5 Å². The van der Waals surface area contributed by atoms with Crippen molar-refractivity contribution in [3.05, 3.63) is 40.7 Å². The summed E-state index contributed by atoms with van der Waals surface area (Å²) < 4.78 is 13.7. The van der Waals surface area contributed by atoms with Crippen molar-refractivity contribution in [2.45, 2.75) is 45.8 Å². The minimum absolute atomic E-state index is 0.172. The average Bonchev–Trinajstić information content (AvgIpc) is 2.71. The number of aromatic nitrogens is 3. The van der Waals surface area contributed by atoms with E-state index in [-0.39, 0.29) is 5.56 Å². The molecule has 2 aromatic rings. The second-order valence-electron chi connectivity index (χ2n) is 7.26. The van der Waals surface area contributed by atoms with Gasteiger partial charge in [-0.05, 0) is 46.8 Å². The van der Waals surface area contributed by atoms with E-state index >= 15 is 0 Å². The van der Waals surface area contributed by atoms with Gasteiger partial charge in [-0.2, -0.15) is 0 Å². The van der Waals surface area contributed by atoms with E-state index in [1.807, 2.05) is 40.7 Å². The van der Waals surface area contributed by atoms with Crippen LogP contribution in [0, 0.1) is 6.92 Å². The fraction of sp³-hybridized carbons (Fsp3) is 0.471. The van der Waals surface area contributed by atoms with Crippen molar-refractivity contribution in [2.24, 2.45) is 7.05 Å². The molecule has 132 valence electrons. The number of hydrogen-bond donors (Lipinski definition) is 1. The summed E-state index contributed by atoms with van der Waals surface area (Å²) in [7, 11) is 0.950. The normalized spacial score (nSPS) is 18.4. The zero-order chi connectivity index (χ0) is 18.4. The maximum absolute atomic E-state index is 12.8. The molecule has 0 amide bonds. The highest BCUT2D eigenvalue weighted by Crippen LogP contribution is 2.36. The first-order valence-electron chi connectivity index (χ1n) is 8.22. The topological polar surface area (TPSA) is 78.3 Å². The SMILES string of the molecule is Cc1nccc(Nc2ccn(C)c(=O)c2B2OC(C)(C)C(C)(C)O2)n1. The van der Waals surface area contributed by atoms with Crippen molar-refractivity contribution >= 4 is 24.1 Å². The van der Waals surface area contributed by atoms with Crippen LogP contribution in [0.5, 0.6) is 0 Å². The molecule has 25 heavy (non-hydrogen) atoms. The lowest BCUT2D eigenvalue weighted by Crippen LogP contribution is -2.48. The van der Waals surface area contributed by atoms with Gasteiger partial charge in [-0.25, -0.2) is 9.97 Å². The Balaban J connectivity index is 2.04. The summed E-state index contributed by atoms with van der Waals surface area (Å²) in [6.45, 7) is 9.65. The van der Waals surface area contributed by atoms with E-state index in [2.05, 4.69) is 15.3 Å². The first-order valence-corrected chi connectivity index (χ1v) is 8.22. The summed E-state index contributed by atoms with van der Waals surface area (Å²) in [5.41, 5.74) is -0.184. The minimum atomic E-state index is -0.754. The van der Waals surface area contributed by atoms with Crippen LogP contribution in [-0.2, 0) is 16.4 Å². The van der Waals surface area contributed by atoms with Crippen LogP contribution in [0.3, 0.4) is 0 Å². The van der Waals surface area contributed by atoms with Gasteiger partial charge in [-0.1, -0.05) is 0 Å². The number of anilines is 2. The second kappa shape index (κ2) is 5.96. The minimum Gasteiger partial charge on any atom is -0.399 e. The van der Waals surface area contributed by atoms with Crippen molar-refractivity contribution in [2.75, 3.05) is 5.32 Å². The van der Waals surface area contributed by atoms with E-state index in [0.717, 1.165) is 0 Å². The summed E-state index contributed by atoms with van der Waals surface area (Å²) in [6, 6.07) is 3.57. The maximum atomic E-state index is 12.8. The van der Waals surface area contributed by atoms with Crippen LogP contribution >= 0.6 is 0 Å². The summed E-state index contributed by atoms with van der Waals surface area (Å²) in [5, 5.41) is 3.19. The quantitative estimate of drug-likeness (QED) is 0.853. The third kappa shape index (κ3) is 3.19. The van der Waals surface area contributed by atoms with Crippen LogP contribution in [0.2, 0.25) is 0 Å². The van der Waals surface area contributed by atoms with E-state index in [1.54, 1.807) is 25.5 Å². The Labute approximate surface area is 147 Å². The van der Waals surface area contributed by atoms with Crippen molar-refractivity contribution < 1.29 is 9.31 Å². The second-order valence-corrected chi connectivity index (χ2v) is 7.26. The molecule has 1 saturated heterocycles. The highest BCUT2D eigenvalue weighted by atomic mass is 16.7. The van der Waals surface area contributed by atoms with E-state index in [4.69, 9.17) is 9.31 Å². The highest BCUT2D eigenvalue weighted by molar-refractivity contribution is 6.63. The monoisotopic (exact) mass is 342 g/mol. The highest BCUT2D eigenvalue weighted by Gasteiger charge is 2.53. The third-order valence-electron chi connectivity index (χ3n) is 4.83. The molecule has 0 atom stereocenters. The van der Waals surface area contributed by atoms with Crippen molar-refractivity contribution in [1.29, 1.82) is 0 Å². The summed E-state index contributed by atoms with van der Waals surface area (Å²) in [6.07, 6.45) is 3.37. The Morgan fingerprint density at radius 1 is 1.16 bits per heavy atom. The van der Waals surface area contributed by atoms with E-state index < -0.39 is 18.3 Å². The molecule has 0 radical (unpaired) electrons. The number of rotatable bonds is 3. The molecule has 2 aromatic heterocycles. The lowest BCUT2D eigenvalue weighted by molar-refractivity contribution is 0.00578. The first kappa shape index (κ1) is 17.6. The van der Waals surface area contributed by atoms with Gasteiger partial charge in [-0.15, -0.1) is 0 Å². The Kier molecular flexibility index (Phi) is 4.21. The van der Waals surface area contributed by atoms with Crippen molar-refractivity contribution in [1.82, 2.24) is 14.5 Å². The molecular formula is C17H23BN4O3. The van der Waals surface area contributed by atoms with Gasteiger partial charge in [0.15, 0.2) is 0 Å². The van der Waals surface area contributed by atoms with Gasteiger partial charge in [0.2, 0.25) is 0 Å². The van der Waals surface area contributed by atoms with E-state index in [0.29, 0.717) is 22.8 Å². The largest absolute Gasteiger partial charge is 0.502 e. The fourth-order valence-corrected chi connectivity index (χ4v) is 2.61. The van der Waals surface area contributed by atoms with E-state index in [9.17, 15) is 4.79 Å². The molecule has 0 spiro atoms. The molecular weight excluding hydrogens is 319 g/mol. The third-order valence-corrected chi connectivity index (χ3v) is 4.83. The molecule has 1 aliphatic rings. The maximum Gasteiger partial charge on any atom is 0.502 e. The molecule has 3 rings (SSSR count). The molecule has 1 aliphatic heterocycles.